The van der Waals surface area contributed by atoms with E-state index >= 15 is 0 Å². The van der Waals surface area contributed by atoms with Crippen molar-refractivity contribution in [2.45, 2.75) is 33.1 Å². The van der Waals surface area contributed by atoms with Crippen LogP contribution in [0.3, 0.4) is 0 Å². The maximum atomic E-state index is 13.9. The first kappa shape index (κ1) is 21.9. The van der Waals surface area contributed by atoms with Crippen LogP contribution in [-0.2, 0) is 11.2 Å². The molecule has 1 aromatic heterocycles. The van der Waals surface area contributed by atoms with E-state index in [1.807, 2.05) is 19.1 Å². The number of carbonyl (C=O) groups is 3. The van der Waals surface area contributed by atoms with Crippen molar-refractivity contribution >= 4 is 29.0 Å². The van der Waals surface area contributed by atoms with Gasteiger partial charge in [0, 0.05) is 49.4 Å². The smallest absolute Gasteiger partial charge is 0.277 e. The molecule has 0 aliphatic carbocycles. The van der Waals surface area contributed by atoms with Gasteiger partial charge in [-0.2, -0.15) is 5.10 Å². The van der Waals surface area contributed by atoms with Crippen LogP contribution < -0.4 is 9.80 Å². The number of hydrogen-bond donors (Lipinski definition) is 0. The first-order chi connectivity index (χ1) is 16.2. The predicted octanol–water partition coefficient (Wildman–Crippen LogP) is 3.99. The monoisotopic (exact) mass is 464 g/mol. The third kappa shape index (κ3) is 3.57. The molecule has 2 aliphatic heterocycles. The average Bonchev–Trinajstić information content (AvgIpc) is 3.37. The Morgan fingerprint density at radius 3 is 2.29 bits per heavy atom. The summed E-state index contributed by atoms with van der Waals surface area (Å²) in [4.78, 5) is 41.3. The lowest BCUT2D eigenvalue weighted by atomic mass is 10.0. The summed E-state index contributed by atoms with van der Waals surface area (Å²) >= 11 is 0. The van der Waals surface area contributed by atoms with E-state index in [1.165, 1.54) is 6.92 Å². The molecule has 2 aliphatic rings. The number of hydrogen-bond acceptors (Lipinski definition) is 4. The molecule has 0 spiro atoms. The Kier molecular flexibility index (Phi) is 5.27. The van der Waals surface area contributed by atoms with Crippen LogP contribution in [0, 0.1) is 18.6 Å². The number of rotatable bonds is 4. The van der Waals surface area contributed by atoms with Crippen molar-refractivity contribution < 1.29 is 23.2 Å². The molecule has 0 N–H and O–H groups in total. The highest BCUT2D eigenvalue weighted by Gasteiger charge is 2.35. The lowest BCUT2D eigenvalue weighted by molar-refractivity contribution is -0.117. The summed E-state index contributed by atoms with van der Waals surface area (Å²) in [6.45, 7) is 4.22. The highest BCUT2D eigenvalue weighted by atomic mass is 19.1. The van der Waals surface area contributed by atoms with Crippen molar-refractivity contribution in [1.82, 2.24) is 9.78 Å². The molecule has 174 valence electrons. The molecule has 0 saturated carbocycles. The molecule has 0 unspecified atom stereocenters. The molecule has 0 radical (unpaired) electrons. The SMILES string of the molecule is CC(=O)c1nn(-c2cc(F)cc(F)c2)c2c1CCN(c1ccc(N3CCCC3=O)c(C)c1)C2=O. The Morgan fingerprint density at radius 2 is 1.68 bits per heavy atom. The fraction of sp³-hybridized carbons (Fsp3) is 0.280. The number of ketones is 1. The number of anilines is 2. The summed E-state index contributed by atoms with van der Waals surface area (Å²) in [5.41, 5.74) is 3.02. The van der Waals surface area contributed by atoms with Crippen LogP contribution in [0.25, 0.3) is 5.69 Å². The fourth-order valence-corrected chi connectivity index (χ4v) is 4.75. The van der Waals surface area contributed by atoms with Crippen molar-refractivity contribution in [3.63, 3.8) is 0 Å². The minimum absolute atomic E-state index is 0.0236. The zero-order chi connectivity index (χ0) is 24.1. The third-order valence-electron chi connectivity index (χ3n) is 6.30. The van der Waals surface area contributed by atoms with E-state index in [0.717, 1.165) is 40.6 Å². The molecular formula is C25H22F2N4O3. The number of aryl methyl sites for hydroxylation is 1. The van der Waals surface area contributed by atoms with Gasteiger partial charge in [0.1, 0.15) is 23.0 Å². The Balaban J connectivity index is 1.57. The molecule has 3 heterocycles. The summed E-state index contributed by atoms with van der Waals surface area (Å²) in [6.07, 6.45) is 1.70. The molecule has 7 nitrogen and oxygen atoms in total. The van der Waals surface area contributed by atoms with Crippen molar-refractivity contribution in [3.05, 3.63) is 70.5 Å². The van der Waals surface area contributed by atoms with E-state index in [1.54, 1.807) is 15.9 Å². The molecule has 9 heteroatoms. The Bertz CT molecular complexity index is 1340. The average molecular weight is 464 g/mol. The Labute approximate surface area is 194 Å². The molecule has 1 saturated heterocycles. The summed E-state index contributed by atoms with van der Waals surface area (Å²) in [6, 6.07) is 8.33. The van der Waals surface area contributed by atoms with Gasteiger partial charge in [-0.1, -0.05) is 0 Å². The van der Waals surface area contributed by atoms with Gasteiger partial charge < -0.3 is 9.80 Å². The second-order valence-corrected chi connectivity index (χ2v) is 8.60. The lowest BCUT2D eigenvalue weighted by Crippen LogP contribution is -2.39. The van der Waals surface area contributed by atoms with Crippen molar-refractivity contribution in [2.24, 2.45) is 0 Å². The van der Waals surface area contributed by atoms with E-state index < -0.39 is 17.5 Å². The molecule has 2 amide bonds. The summed E-state index contributed by atoms with van der Waals surface area (Å²) < 4.78 is 29.0. The molecule has 1 fully saturated rings. The number of halogens is 2. The number of carbonyl (C=O) groups excluding carboxylic acids is 3. The highest BCUT2D eigenvalue weighted by Crippen LogP contribution is 2.33. The Hall–Kier alpha value is -3.88. The van der Waals surface area contributed by atoms with Gasteiger partial charge in [-0.3, -0.25) is 14.4 Å². The van der Waals surface area contributed by atoms with Crippen LogP contribution in [0.1, 0.15) is 51.9 Å². The fourth-order valence-electron chi connectivity index (χ4n) is 4.75. The second kappa shape index (κ2) is 8.16. The van der Waals surface area contributed by atoms with Gasteiger partial charge in [0.2, 0.25) is 5.91 Å². The van der Waals surface area contributed by atoms with Gasteiger partial charge in [0.05, 0.1) is 5.69 Å². The number of nitrogens with zero attached hydrogens (tertiary/aromatic N) is 4. The van der Waals surface area contributed by atoms with Gasteiger partial charge >= 0.3 is 0 Å². The quantitative estimate of drug-likeness (QED) is 0.547. The van der Waals surface area contributed by atoms with E-state index in [2.05, 4.69) is 5.10 Å². The molecule has 2 aromatic carbocycles. The normalized spacial score (nSPS) is 15.8. The third-order valence-corrected chi connectivity index (χ3v) is 6.30. The largest absolute Gasteiger partial charge is 0.312 e. The van der Waals surface area contributed by atoms with Gasteiger partial charge in [-0.25, -0.2) is 13.5 Å². The first-order valence-electron chi connectivity index (χ1n) is 11.1. The molecular weight excluding hydrogens is 442 g/mol. The van der Waals surface area contributed by atoms with Crippen molar-refractivity contribution in [1.29, 1.82) is 0 Å². The number of fused-ring (bicyclic) bond motifs is 1. The van der Waals surface area contributed by atoms with E-state index in [0.29, 0.717) is 37.2 Å². The van der Waals surface area contributed by atoms with E-state index in [4.69, 9.17) is 0 Å². The molecule has 34 heavy (non-hydrogen) atoms. The van der Waals surface area contributed by atoms with Crippen LogP contribution in [0.2, 0.25) is 0 Å². The van der Waals surface area contributed by atoms with Crippen LogP contribution >= 0.6 is 0 Å². The van der Waals surface area contributed by atoms with Gasteiger partial charge in [0.15, 0.2) is 5.78 Å². The van der Waals surface area contributed by atoms with Crippen LogP contribution in [0.5, 0.6) is 0 Å². The highest BCUT2D eigenvalue weighted by molar-refractivity contribution is 6.10. The van der Waals surface area contributed by atoms with E-state index in [-0.39, 0.29) is 28.8 Å². The standard InChI is InChI=1S/C25H22F2N4O3/c1-14-10-18(5-6-21(14)30-8-3-4-22(30)33)29-9-7-20-23(15(2)32)28-31(24(20)25(29)34)19-12-16(26)11-17(27)13-19/h5-6,10-13H,3-4,7-9H2,1-2H3. The van der Waals surface area contributed by atoms with E-state index in [9.17, 15) is 23.2 Å². The maximum absolute atomic E-state index is 13.9. The summed E-state index contributed by atoms with van der Waals surface area (Å²) in [5, 5.41) is 4.26. The van der Waals surface area contributed by atoms with Gasteiger partial charge in [0.25, 0.3) is 5.91 Å². The van der Waals surface area contributed by atoms with Gasteiger partial charge in [-0.05, 0) is 55.7 Å². The maximum Gasteiger partial charge on any atom is 0.277 e. The van der Waals surface area contributed by atoms with Crippen LogP contribution in [0.15, 0.2) is 36.4 Å². The van der Waals surface area contributed by atoms with Crippen molar-refractivity contribution in [3.8, 4) is 5.69 Å². The molecule has 0 bridgehead atoms. The van der Waals surface area contributed by atoms with Crippen LogP contribution in [0.4, 0.5) is 20.2 Å². The topological polar surface area (TPSA) is 75.5 Å². The molecule has 3 aromatic rings. The summed E-state index contributed by atoms with van der Waals surface area (Å²) in [5.74, 6) is -2.30. The lowest BCUT2D eigenvalue weighted by Gasteiger charge is -2.29. The summed E-state index contributed by atoms with van der Waals surface area (Å²) in [7, 11) is 0. The number of aromatic nitrogens is 2. The van der Waals surface area contributed by atoms with Crippen LogP contribution in [-0.4, -0.2) is 40.5 Å². The number of amides is 2. The number of Topliss-reactive ketones (excluding diaryl/α,β-unsaturated/α-hetero) is 1. The first-order valence-corrected chi connectivity index (χ1v) is 11.1. The second-order valence-electron chi connectivity index (χ2n) is 8.60. The molecule has 0 atom stereocenters. The van der Waals surface area contributed by atoms with Crippen molar-refractivity contribution in [2.75, 3.05) is 22.9 Å². The minimum Gasteiger partial charge on any atom is -0.312 e. The zero-order valence-electron chi connectivity index (χ0n) is 18.8. The minimum atomic E-state index is -0.814. The van der Waals surface area contributed by atoms with Gasteiger partial charge in [-0.15, -0.1) is 0 Å². The zero-order valence-corrected chi connectivity index (χ0v) is 18.8. The predicted molar refractivity (Wildman–Crippen MR) is 122 cm³/mol. The Morgan fingerprint density at radius 1 is 0.941 bits per heavy atom. The number of benzene rings is 2. The molecule has 5 rings (SSSR count).